The van der Waals surface area contributed by atoms with Crippen molar-refractivity contribution >= 4 is 62.2 Å². The highest BCUT2D eigenvalue weighted by molar-refractivity contribution is 14.1. The number of nitrogens with zero attached hydrogens (tertiary/aromatic N) is 2. The molecule has 188 valence electrons. The van der Waals surface area contributed by atoms with E-state index in [0.29, 0.717) is 45.1 Å². The molecule has 1 saturated heterocycles. The van der Waals surface area contributed by atoms with Gasteiger partial charge in [0.15, 0.2) is 18.1 Å². The molecule has 0 unspecified atom stereocenters. The minimum absolute atomic E-state index is 0.0711. The summed E-state index contributed by atoms with van der Waals surface area (Å²) < 4.78 is 38.9. The molecule has 1 aliphatic rings. The Morgan fingerprint density at radius 3 is 2.66 bits per heavy atom. The average molecular weight is 635 g/mol. The number of hydrazone groups is 1. The fraction of sp³-hybridized carbons (Fsp3) is 0.318. The van der Waals surface area contributed by atoms with E-state index in [2.05, 4.69) is 10.5 Å². The van der Waals surface area contributed by atoms with Gasteiger partial charge in [0.25, 0.3) is 11.8 Å². The Labute approximate surface area is 222 Å². The van der Waals surface area contributed by atoms with Crippen LogP contribution in [0.1, 0.15) is 25.3 Å². The van der Waals surface area contributed by atoms with Crippen molar-refractivity contribution in [3.63, 3.8) is 0 Å². The topological polar surface area (TPSA) is 140 Å². The molecule has 0 bridgehead atoms. The van der Waals surface area contributed by atoms with Gasteiger partial charge in [0, 0.05) is 11.6 Å². The van der Waals surface area contributed by atoms with Crippen LogP contribution in [0.25, 0.3) is 0 Å². The minimum atomic E-state index is -3.86. The number of primary amides is 1. The van der Waals surface area contributed by atoms with Crippen molar-refractivity contribution in [3.05, 3.63) is 50.6 Å². The molecular formula is C22H24ClIN4O6S. The lowest BCUT2D eigenvalue weighted by atomic mass is 10.2. The molecule has 0 aromatic heterocycles. The smallest absolute Gasteiger partial charge is 0.258 e. The molecule has 1 atom stereocenters. The second-order valence-corrected chi connectivity index (χ2v) is 11.0. The number of benzene rings is 2. The first-order valence-electron chi connectivity index (χ1n) is 10.6. The van der Waals surface area contributed by atoms with E-state index in [1.165, 1.54) is 34.8 Å². The van der Waals surface area contributed by atoms with E-state index in [9.17, 15) is 18.0 Å². The Morgan fingerprint density at radius 1 is 1.29 bits per heavy atom. The number of halogens is 2. The van der Waals surface area contributed by atoms with Crippen LogP contribution in [0.15, 0.2) is 46.4 Å². The van der Waals surface area contributed by atoms with Crippen molar-refractivity contribution in [2.45, 2.75) is 30.7 Å². The van der Waals surface area contributed by atoms with Gasteiger partial charge in [-0.2, -0.15) is 9.41 Å². The van der Waals surface area contributed by atoms with Crippen LogP contribution in [-0.2, 0) is 19.6 Å². The first kappa shape index (κ1) is 27.2. The van der Waals surface area contributed by atoms with Gasteiger partial charge in [-0.1, -0.05) is 11.6 Å². The maximum absolute atomic E-state index is 13.0. The number of sulfonamides is 1. The number of carbonyl (C=O) groups is 2. The molecule has 2 amide bonds. The first-order valence-corrected chi connectivity index (χ1v) is 13.5. The lowest BCUT2D eigenvalue weighted by molar-refractivity contribution is -0.124. The average Bonchev–Trinajstić information content (AvgIpc) is 3.30. The predicted molar refractivity (Wildman–Crippen MR) is 139 cm³/mol. The summed E-state index contributed by atoms with van der Waals surface area (Å²) in [5.41, 5.74) is 8.18. The van der Waals surface area contributed by atoms with Crippen molar-refractivity contribution in [1.82, 2.24) is 9.73 Å². The van der Waals surface area contributed by atoms with Gasteiger partial charge in [-0.25, -0.2) is 13.8 Å². The summed E-state index contributed by atoms with van der Waals surface area (Å²) in [6.07, 6.45) is 2.34. The molecule has 0 radical (unpaired) electrons. The third-order valence-electron chi connectivity index (χ3n) is 5.01. The number of rotatable bonds is 10. The standard InChI is InChI=1S/C22H24ClIN4O6S/c1-2-33-19-11-14(10-17(24)21(19)34-13-20(25)29)12-26-27-22(30)18-4-3-9-28(18)35(31,32)16-7-5-15(23)6-8-16/h5-8,10-12,18H,2-4,9,13H2,1H3,(H2,25,29)(H,27,30)/b26-12-/t18-/m0/s1. The largest absolute Gasteiger partial charge is 0.490 e. The Kier molecular flexibility index (Phi) is 9.33. The number of hydrogen-bond acceptors (Lipinski definition) is 7. The number of carbonyl (C=O) groups excluding carboxylic acids is 2. The van der Waals surface area contributed by atoms with Crippen LogP contribution in [0, 0.1) is 3.57 Å². The van der Waals surface area contributed by atoms with Gasteiger partial charge in [-0.05, 0) is 84.3 Å². The van der Waals surface area contributed by atoms with Crippen LogP contribution >= 0.6 is 34.2 Å². The molecule has 35 heavy (non-hydrogen) atoms. The van der Waals surface area contributed by atoms with Gasteiger partial charge in [-0.15, -0.1) is 0 Å². The highest BCUT2D eigenvalue weighted by Gasteiger charge is 2.39. The normalized spacial score (nSPS) is 16.4. The van der Waals surface area contributed by atoms with Crippen molar-refractivity contribution in [2.75, 3.05) is 19.8 Å². The molecule has 1 heterocycles. The number of nitrogens with one attached hydrogen (secondary N) is 1. The van der Waals surface area contributed by atoms with Crippen molar-refractivity contribution in [3.8, 4) is 11.5 Å². The van der Waals surface area contributed by atoms with Crippen molar-refractivity contribution < 1.29 is 27.5 Å². The highest BCUT2D eigenvalue weighted by atomic mass is 127. The van der Waals surface area contributed by atoms with E-state index in [1.54, 1.807) is 19.1 Å². The van der Waals surface area contributed by atoms with Crippen LogP contribution in [-0.4, -0.2) is 56.6 Å². The van der Waals surface area contributed by atoms with Crippen LogP contribution in [0.4, 0.5) is 0 Å². The fourth-order valence-electron chi connectivity index (χ4n) is 3.49. The van der Waals surface area contributed by atoms with E-state index in [0.717, 1.165) is 0 Å². The molecule has 2 aromatic carbocycles. The number of ether oxygens (including phenoxy) is 2. The summed E-state index contributed by atoms with van der Waals surface area (Å²) in [6.45, 7) is 2.10. The lowest BCUT2D eigenvalue weighted by Gasteiger charge is -2.22. The molecular weight excluding hydrogens is 611 g/mol. The van der Waals surface area contributed by atoms with E-state index >= 15 is 0 Å². The van der Waals surface area contributed by atoms with Gasteiger partial charge < -0.3 is 15.2 Å². The van der Waals surface area contributed by atoms with Crippen molar-refractivity contribution in [1.29, 1.82) is 0 Å². The van der Waals surface area contributed by atoms with Crippen LogP contribution in [0.5, 0.6) is 11.5 Å². The summed E-state index contributed by atoms with van der Waals surface area (Å²) in [7, 11) is -3.86. The Bertz CT molecular complexity index is 1220. The van der Waals surface area contributed by atoms with Crippen LogP contribution in [0.3, 0.4) is 0 Å². The summed E-state index contributed by atoms with van der Waals surface area (Å²) >= 11 is 7.88. The number of hydrogen-bond donors (Lipinski definition) is 2. The Balaban J connectivity index is 1.72. The molecule has 3 rings (SSSR count). The summed E-state index contributed by atoms with van der Waals surface area (Å²) in [4.78, 5) is 23.9. The zero-order valence-corrected chi connectivity index (χ0v) is 22.5. The SMILES string of the molecule is CCOc1cc(/C=N\NC(=O)[C@@H]2CCCN2S(=O)(=O)c2ccc(Cl)cc2)cc(I)c1OCC(N)=O. The zero-order valence-electron chi connectivity index (χ0n) is 18.7. The summed E-state index contributed by atoms with van der Waals surface area (Å²) in [6, 6.07) is 8.30. The van der Waals surface area contributed by atoms with Crippen molar-refractivity contribution in [2.24, 2.45) is 10.8 Å². The lowest BCUT2D eigenvalue weighted by Crippen LogP contribution is -2.44. The summed E-state index contributed by atoms with van der Waals surface area (Å²) in [5, 5.41) is 4.42. The fourth-order valence-corrected chi connectivity index (χ4v) is 6.05. The molecule has 10 nitrogen and oxygen atoms in total. The first-order chi connectivity index (χ1) is 16.6. The molecule has 3 N–H and O–H groups in total. The van der Waals surface area contributed by atoms with E-state index in [4.69, 9.17) is 26.8 Å². The van der Waals surface area contributed by atoms with E-state index in [1.807, 2.05) is 22.6 Å². The Morgan fingerprint density at radius 2 is 2.00 bits per heavy atom. The molecule has 0 spiro atoms. The number of amides is 2. The summed E-state index contributed by atoms with van der Waals surface area (Å²) in [5.74, 6) is -0.376. The molecule has 0 saturated carbocycles. The van der Waals surface area contributed by atoms with Crippen LogP contribution < -0.4 is 20.6 Å². The molecule has 13 heteroatoms. The third kappa shape index (κ3) is 6.84. The zero-order chi connectivity index (χ0) is 25.6. The van der Waals surface area contributed by atoms with Gasteiger partial charge in [0.1, 0.15) is 6.04 Å². The number of nitrogens with two attached hydrogens (primary N) is 1. The third-order valence-corrected chi connectivity index (χ3v) is 7.98. The van der Waals surface area contributed by atoms with Gasteiger partial charge in [0.05, 0.1) is 21.3 Å². The molecule has 2 aromatic rings. The molecule has 1 fully saturated rings. The second-order valence-electron chi connectivity index (χ2n) is 7.48. The minimum Gasteiger partial charge on any atom is -0.490 e. The van der Waals surface area contributed by atoms with E-state index < -0.39 is 27.9 Å². The maximum atomic E-state index is 13.0. The highest BCUT2D eigenvalue weighted by Crippen LogP contribution is 2.34. The predicted octanol–water partition coefficient (Wildman–Crippen LogP) is 2.51. The molecule has 1 aliphatic heterocycles. The van der Waals surface area contributed by atoms with Gasteiger partial charge in [-0.3, -0.25) is 9.59 Å². The molecule has 0 aliphatic carbocycles. The van der Waals surface area contributed by atoms with Crippen LogP contribution in [0.2, 0.25) is 5.02 Å². The maximum Gasteiger partial charge on any atom is 0.258 e. The second kappa shape index (κ2) is 12.0. The monoisotopic (exact) mass is 634 g/mol. The Hall–Kier alpha value is -2.42. The van der Waals surface area contributed by atoms with Gasteiger partial charge in [0.2, 0.25) is 10.0 Å². The van der Waals surface area contributed by atoms with Gasteiger partial charge >= 0.3 is 0 Å². The van der Waals surface area contributed by atoms with E-state index in [-0.39, 0.29) is 18.0 Å². The quantitative estimate of drug-likeness (QED) is 0.234.